The molecule has 0 saturated heterocycles. The van der Waals surface area contributed by atoms with Gasteiger partial charge in [0.05, 0.1) is 0 Å². The molecule has 0 aliphatic rings. The van der Waals surface area contributed by atoms with Crippen molar-refractivity contribution >= 4 is 15.9 Å². The first-order valence-electron chi connectivity index (χ1n) is 3.66. The molecule has 0 radical (unpaired) electrons. The monoisotopic (exact) mass is 216 g/mol. The Morgan fingerprint density at radius 3 is 2.55 bits per heavy atom. The number of aromatic nitrogens is 2. The number of hydrogen-bond acceptors (Lipinski definition) is 1. The van der Waals surface area contributed by atoms with Gasteiger partial charge in [0.25, 0.3) is 0 Å². The fourth-order valence-corrected chi connectivity index (χ4v) is 1.30. The Hall–Kier alpha value is -0.310. The van der Waals surface area contributed by atoms with Gasteiger partial charge in [0.1, 0.15) is 0 Å². The lowest BCUT2D eigenvalue weighted by molar-refractivity contribution is 0.340. The molecule has 0 unspecified atom stereocenters. The highest BCUT2D eigenvalue weighted by molar-refractivity contribution is 9.10. The van der Waals surface area contributed by atoms with E-state index in [1.807, 2.05) is 6.20 Å². The Balaban J connectivity index is 2.72. The second-order valence-electron chi connectivity index (χ2n) is 3.88. The molecule has 1 rings (SSSR count). The summed E-state index contributed by atoms with van der Waals surface area (Å²) >= 11 is 3.37. The molecule has 2 nitrogen and oxygen atoms in total. The number of halogens is 1. The second kappa shape index (κ2) is 2.97. The van der Waals surface area contributed by atoms with Gasteiger partial charge in [-0.2, -0.15) is 0 Å². The van der Waals surface area contributed by atoms with Crippen LogP contribution in [0.3, 0.4) is 0 Å². The van der Waals surface area contributed by atoms with E-state index in [9.17, 15) is 0 Å². The lowest BCUT2D eigenvalue weighted by Gasteiger charge is -2.18. The standard InChI is InChI=1S/C8H13BrN2/c1-8(2,3)6-11-5-4-10-7(11)9/h4-5H,6H2,1-3H3. The maximum absolute atomic E-state index is 4.08. The Kier molecular flexibility index (Phi) is 2.37. The number of rotatable bonds is 1. The predicted octanol–water partition coefficient (Wildman–Crippen LogP) is 2.69. The first-order chi connectivity index (χ1) is 4.99. The van der Waals surface area contributed by atoms with E-state index in [-0.39, 0.29) is 0 Å². The van der Waals surface area contributed by atoms with E-state index < -0.39 is 0 Å². The molecule has 1 heterocycles. The minimum absolute atomic E-state index is 0.309. The van der Waals surface area contributed by atoms with Crippen molar-refractivity contribution in [3.63, 3.8) is 0 Å². The first-order valence-corrected chi connectivity index (χ1v) is 4.45. The van der Waals surface area contributed by atoms with Gasteiger partial charge in [0.15, 0.2) is 4.73 Å². The normalized spacial score (nSPS) is 12.0. The van der Waals surface area contributed by atoms with E-state index in [2.05, 4.69) is 46.3 Å². The topological polar surface area (TPSA) is 17.8 Å². The smallest absolute Gasteiger partial charge is 0.177 e. The van der Waals surface area contributed by atoms with E-state index in [0.29, 0.717) is 5.41 Å². The highest BCUT2D eigenvalue weighted by Gasteiger charge is 2.11. The summed E-state index contributed by atoms with van der Waals surface area (Å²) in [5.74, 6) is 0. The predicted molar refractivity (Wildman–Crippen MR) is 49.4 cm³/mol. The second-order valence-corrected chi connectivity index (χ2v) is 4.59. The van der Waals surface area contributed by atoms with E-state index in [1.165, 1.54) is 0 Å². The molecule has 3 heteroatoms. The molecule has 0 aliphatic carbocycles. The maximum Gasteiger partial charge on any atom is 0.177 e. The Morgan fingerprint density at radius 2 is 2.18 bits per heavy atom. The molecule has 0 aromatic carbocycles. The molecule has 1 aromatic heterocycles. The van der Waals surface area contributed by atoms with Crippen LogP contribution >= 0.6 is 15.9 Å². The molecule has 0 saturated carbocycles. The molecule has 0 bridgehead atoms. The Labute approximate surface area is 75.8 Å². The van der Waals surface area contributed by atoms with Gasteiger partial charge in [-0.1, -0.05) is 20.8 Å². The third kappa shape index (κ3) is 2.66. The molecule has 0 aliphatic heterocycles. The van der Waals surface area contributed by atoms with Crippen LogP contribution in [-0.4, -0.2) is 9.55 Å². The van der Waals surface area contributed by atoms with Crippen molar-refractivity contribution in [1.29, 1.82) is 0 Å². The minimum atomic E-state index is 0.309. The zero-order chi connectivity index (χ0) is 8.48. The SMILES string of the molecule is CC(C)(C)Cn1ccnc1Br. The van der Waals surface area contributed by atoms with Crippen molar-refractivity contribution in [1.82, 2.24) is 9.55 Å². The highest BCUT2D eigenvalue weighted by atomic mass is 79.9. The molecule has 11 heavy (non-hydrogen) atoms. The van der Waals surface area contributed by atoms with Crippen LogP contribution in [0.15, 0.2) is 17.1 Å². The molecular weight excluding hydrogens is 204 g/mol. The molecule has 0 spiro atoms. The zero-order valence-corrected chi connectivity index (χ0v) is 8.72. The van der Waals surface area contributed by atoms with Gasteiger partial charge in [-0.25, -0.2) is 4.98 Å². The molecule has 0 atom stereocenters. The van der Waals surface area contributed by atoms with Gasteiger partial charge in [-0.05, 0) is 21.3 Å². The number of imidazole rings is 1. The molecular formula is C8H13BrN2. The van der Waals surface area contributed by atoms with Crippen LogP contribution in [0, 0.1) is 5.41 Å². The Bertz CT molecular complexity index is 234. The van der Waals surface area contributed by atoms with Crippen LogP contribution < -0.4 is 0 Å². The molecule has 0 amide bonds. The van der Waals surface area contributed by atoms with Crippen molar-refractivity contribution in [3.05, 3.63) is 17.1 Å². The molecule has 62 valence electrons. The Morgan fingerprint density at radius 1 is 1.55 bits per heavy atom. The summed E-state index contributed by atoms with van der Waals surface area (Å²) < 4.78 is 3.01. The summed E-state index contributed by atoms with van der Waals surface area (Å²) in [5.41, 5.74) is 0.309. The third-order valence-electron chi connectivity index (χ3n) is 1.31. The van der Waals surface area contributed by atoms with E-state index in [1.54, 1.807) is 6.20 Å². The van der Waals surface area contributed by atoms with Crippen molar-refractivity contribution in [3.8, 4) is 0 Å². The van der Waals surface area contributed by atoms with Crippen LogP contribution in [0.1, 0.15) is 20.8 Å². The summed E-state index contributed by atoms with van der Waals surface area (Å²) in [7, 11) is 0. The van der Waals surface area contributed by atoms with Gasteiger partial charge in [-0.3, -0.25) is 0 Å². The van der Waals surface area contributed by atoms with Gasteiger partial charge in [0.2, 0.25) is 0 Å². The van der Waals surface area contributed by atoms with Crippen LogP contribution in [0.4, 0.5) is 0 Å². The maximum atomic E-state index is 4.08. The van der Waals surface area contributed by atoms with Crippen molar-refractivity contribution in [2.24, 2.45) is 5.41 Å². The van der Waals surface area contributed by atoms with Gasteiger partial charge < -0.3 is 4.57 Å². The molecule has 0 fully saturated rings. The summed E-state index contributed by atoms with van der Waals surface area (Å²) in [4.78, 5) is 4.08. The third-order valence-corrected chi connectivity index (χ3v) is 1.97. The summed E-state index contributed by atoms with van der Waals surface area (Å²) in [6.07, 6.45) is 3.78. The average molecular weight is 217 g/mol. The minimum Gasteiger partial charge on any atom is -0.325 e. The van der Waals surface area contributed by atoms with Gasteiger partial charge in [-0.15, -0.1) is 0 Å². The van der Waals surface area contributed by atoms with Gasteiger partial charge >= 0.3 is 0 Å². The van der Waals surface area contributed by atoms with Crippen molar-refractivity contribution in [2.75, 3.05) is 0 Å². The zero-order valence-electron chi connectivity index (χ0n) is 7.13. The van der Waals surface area contributed by atoms with Gasteiger partial charge in [0, 0.05) is 18.9 Å². The lowest BCUT2D eigenvalue weighted by Crippen LogP contribution is -2.14. The lowest BCUT2D eigenvalue weighted by atomic mass is 9.97. The van der Waals surface area contributed by atoms with E-state index >= 15 is 0 Å². The van der Waals surface area contributed by atoms with Crippen LogP contribution in [-0.2, 0) is 6.54 Å². The summed E-state index contributed by atoms with van der Waals surface area (Å²) in [6.45, 7) is 7.62. The quantitative estimate of drug-likeness (QED) is 0.707. The highest BCUT2D eigenvalue weighted by Crippen LogP contribution is 2.18. The molecule has 1 aromatic rings. The number of hydrogen-bond donors (Lipinski definition) is 0. The molecule has 0 N–H and O–H groups in total. The fraction of sp³-hybridized carbons (Fsp3) is 0.625. The van der Waals surface area contributed by atoms with Crippen LogP contribution in [0.5, 0.6) is 0 Å². The summed E-state index contributed by atoms with van der Waals surface area (Å²) in [5, 5.41) is 0. The first kappa shape index (κ1) is 8.78. The van der Waals surface area contributed by atoms with E-state index in [0.717, 1.165) is 11.3 Å². The average Bonchev–Trinajstić information content (AvgIpc) is 2.12. The van der Waals surface area contributed by atoms with Crippen molar-refractivity contribution in [2.45, 2.75) is 27.3 Å². The van der Waals surface area contributed by atoms with E-state index in [4.69, 9.17) is 0 Å². The summed E-state index contributed by atoms with van der Waals surface area (Å²) in [6, 6.07) is 0. The van der Waals surface area contributed by atoms with Crippen LogP contribution in [0.25, 0.3) is 0 Å². The fourth-order valence-electron chi connectivity index (χ4n) is 0.940. The number of nitrogens with zero attached hydrogens (tertiary/aromatic N) is 2. The largest absolute Gasteiger partial charge is 0.325 e. The van der Waals surface area contributed by atoms with Crippen LogP contribution in [0.2, 0.25) is 0 Å². The van der Waals surface area contributed by atoms with Crippen molar-refractivity contribution < 1.29 is 0 Å².